The van der Waals surface area contributed by atoms with Crippen LogP contribution in [-0.2, 0) is 4.79 Å². The Kier molecular flexibility index (Phi) is 4.10. The molecule has 1 aliphatic carbocycles. The molecular formula is C24H19NO5. The molecule has 2 heterocycles. The van der Waals surface area contributed by atoms with Gasteiger partial charge in [0.15, 0.2) is 0 Å². The topological polar surface area (TPSA) is 96.7 Å². The number of carboxylic acids is 2. The van der Waals surface area contributed by atoms with Gasteiger partial charge in [0.1, 0.15) is 5.75 Å². The zero-order chi connectivity index (χ0) is 20.9. The Hall–Kier alpha value is -3.67. The molecule has 0 radical (unpaired) electrons. The normalized spacial score (nSPS) is 18.3. The summed E-state index contributed by atoms with van der Waals surface area (Å²) >= 11 is 0. The first-order valence-corrected chi connectivity index (χ1v) is 9.84. The number of nitrogens with zero attached hydrogens (tertiary/aromatic N) is 1. The summed E-state index contributed by atoms with van der Waals surface area (Å²) in [6.07, 6.45) is 2.14. The number of fused-ring (bicyclic) bond motifs is 2. The minimum Gasteiger partial charge on any atom is -0.481 e. The molecule has 1 saturated carbocycles. The fraction of sp³-hybridized carbons (Fsp3) is 0.208. The van der Waals surface area contributed by atoms with E-state index in [2.05, 4.69) is 4.98 Å². The molecule has 0 saturated heterocycles. The van der Waals surface area contributed by atoms with Crippen LogP contribution in [0.1, 0.15) is 46.7 Å². The first-order valence-electron chi connectivity index (χ1n) is 9.84. The molecule has 0 bridgehead atoms. The van der Waals surface area contributed by atoms with Crippen LogP contribution in [0.2, 0.25) is 0 Å². The summed E-state index contributed by atoms with van der Waals surface area (Å²) in [5.41, 5.74) is 2.42. The summed E-state index contributed by atoms with van der Waals surface area (Å²) in [4.78, 5) is 28.1. The van der Waals surface area contributed by atoms with Gasteiger partial charge in [0.05, 0.1) is 16.7 Å². The van der Waals surface area contributed by atoms with Crippen molar-refractivity contribution in [3.63, 3.8) is 0 Å². The third-order valence-corrected chi connectivity index (χ3v) is 6.29. The number of hydrogen-bond donors (Lipinski definition) is 2. The third-order valence-electron chi connectivity index (χ3n) is 6.29. The molecule has 1 aliphatic heterocycles. The van der Waals surface area contributed by atoms with Crippen molar-refractivity contribution < 1.29 is 24.5 Å². The van der Waals surface area contributed by atoms with Gasteiger partial charge in [0, 0.05) is 22.6 Å². The average Bonchev–Trinajstić information content (AvgIpc) is 2.72. The van der Waals surface area contributed by atoms with E-state index in [1.165, 1.54) is 12.1 Å². The molecule has 1 unspecified atom stereocenters. The van der Waals surface area contributed by atoms with Crippen LogP contribution in [0.3, 0.4) is 0 Å². The summed E-state index contributed by atoms with van der Waals surface area (Å²) in [6, 6.07) is 17.8. The number of carbonyl (C=O) groups is 2. The highest BCUT2D eigenvalue weighted by molar-refractivity contribution is 5.88. The molecule has 6 heteroatoms. The predicted molar refractivity (Wildman–Crippen MR) is 109 cm³/mol. The van der Waals surface area contributed by atoms with Crippen LogP contribution in [0, 0.1) is 5.41 Å². The highest BCUT2D eigenvalue weighted by atomic mass is 16.5. The lowest BCUT2D eigenvalue weighted by Gasteiger charge is -2.46. The fourth-order valence-corrected chi connectivity index (χ4v) is 4.56. The van der Waals surface area contributed by atoms with Gasteiger partial charge in [-0.05, 0) is 37.1 Å². The van der Waals surface area contributed by atoms with Crippen LogP contribution < -0.4 is 4.74 Å². The maximum atomic E-state index is 12.3. The van der Waals surface area contributed by atoms with E-state index in [1.807, 2.05) is 36.4 Å². The van der Waals surface area contributed by atoms with Crippen LogP contribution >= 0.6 is 0 Å². The van der Waals surface area contributed by atoms with Gasteiger partial charge in [-0.15, -0.1) is 0 Å². The van der Waals surface area contributed by atoms with Crippen molar-refractivity contribution >= 4 is 11.9 Å². The van der Waals surface area contributed by atoms with E-state index in [9.17, 15) is 14.7 Å². The lowest BCUT2D eigenvalue weighted by Crippen LogP contribution is -2.44. The number of pyridine rings is 1. The van der Waals surface area contributed by atoms with E-state index in [1.54, 1.807) is 12.1 Å². The molecular weight excluding hydrogens is 382 g/mol. The van der Waals surface area contributed by atoms with Crippen LogP contribution in [0.5, 0.6) is 11.6 Å². The van der Waals surface area contributed by atoms with E-state index in [-0.39, 0.29) is 11.5 Å². The van der Waals surface area contributed by atoms with Crippen LogP contribution in [0.25, 0.3) is 11.3 Å². The van der Waals surface area contributed by atoms with Gasteiger partial charge in [-0.2, -0.15) is 0 Å². The number of aromatic nitrogens is 1. The molecule has 1 fully saturated rings. The Balaban J connectivity index is 1.62. The number of aromatic carboxylic acids is 1. The largest absolute Gasteiger partial charge is 0.481 e. The van der Waals surface area contributed by atoms with E-state index in [0.29, 0.717) is 30.2 Å². The van der Waals surface area contributed by atoms with Crippen molar-refractivity contribution in [3.05, 3.63) is 77.4 Å². The first-order chi connectivity index (χ1) is 14.5. The van der Waals surface area contributed by atoms with Crippen molar-refractivity contribution in [1.82, 2.24) is 4.98 Å². The molecule has 0 spiro atoms. The van der Waals surface area contributed by atoms with Gasteiger partial charge >= 0.3 is 11.9 Å². The summed E-state index contributed by atoms with van der Waals surface area (Å²) in [7, 11) is 0. The van der Waals surface area contributed by atoms with Crippen LogP contribution in [-0.4, -0.2) is 27.1 Å². The van der Waals surface area contributed by atoms with E-state index in [4.69, 9.17) is 9.84 Å². The Morgan fingerprint density at radius 3 is 2.30 bits per heavy atom. The molecule has 0 amide bonds. The molecule has 150 valence electrons. The van der Waals surface area contributed by atoms with Gasteiger partial charge < -0.3 is 14.9 Å². The second kappa shape index (κ2) is 6.69. The number of ether oxygens (including phenoxy) is 1. The van der Waals surface area contributed by atoms with E-state index in [0.717, 1.165) is 23.1 Å². The molecule has 2 aliphatic rings. The number of hydrogen-bond acceptors (Lipinski definition) is 4. The Morgan fingerprint density at radius 1 is 0.933 bits per heavy atom. The molecule has 5 rings (SSSR count). The first kappa shape index (κ1) is 18.4. The van der Waals surface area contributed by atoms with Crippen LogP contribution in [0.15, 0.2) is 60.7 Å². The predicted octanol–water partition coefficient (Wildman–Crippen LogP) is 4.94. The van der Waals surface area contributed by atoms with Gasteiger partial charge in [-0.25, -0.2) is 9.78 Å². The highest BCUT2D eigenvalue weighted by Crippen LogP contribution is 2.59. The zero-order valence-electron chi connectivity index (χ0n) is 16.0. The number of aliphatic carboxylic acids is 1. The monoisotopic (exact) mass is 401 g/mol. The SMILES string of the molecule is O=C(O)c1ccc(-c2ccc3c(n2)Oc2ccccc2C3C2(C(=O)O)CCC2)cc1. The van der Waals surface area contributed by atoms with E-state index >= 15 is 0 Å². The smallest absolute Gasteiger partial charge is 0.335 e. The summed E-state index contributed by atoms with van der Waals surface area (Å²) in [6.45, 7) is 0. The molecule has 3 aromatic rings. The summed E-state index contributed by atoms with van der Waals surface area (Å²) in [5.74, 6) is -1.05. The molecule has 2 aromatic carbocycles. The molecule has 1 atom stereocenters. The van der Waals surface area contributed by atoms with Crippen molar-refractivity contribution in [2.45, 2.75) is 25.2 Å². The minimum atomic E-state index is -0.984. The number of rotatable bonds is 4. The van der Waals surface area contributed by atoms with Crippen molar-refractivity contribution in [3.8, 4) is 22.9 Å². The molecule has 1 aromatic heterocycles. The van der Waals surface area contributed by atoms with Crippen molar-refractivity contribution in [2.24, 2.45) is 5.41 Å². The number of carboxylic acid groups (broad SMARTS) is 2. The zero-order valence-corrected chi connectivity index (χ0v) is 16.0. The maximum absolute atomic E-state index is 12.3. The average molecular weight is 401 g/mol. The Bertz CT molecular complexity index is 1160. The third kappa shape index (κ3) is 2.68. The summed E-state index contributed by atoms with van der Waals surface area (Å²) < 4.78 is 6.08. The van der Waals surface area contributed by atoms with Crippen molar-refractivity contribution in [2.75, 3.05) is 0 Å². The lowest BCUT2D eigenvalue weighted by atomic mass is 9.57. The Morgan fingerprint density at radius 2 is 1.67 bits per heavy atom. The standard InChI is InChI=1S/C24H19NO5/c26-22(27)15-8-6-14(7-9-15)18-11-10-17-20(24(23(28)29)12-3-13-24)16-4-1-2-5-19(16)30-21(17)25-18/h1-2,4-11,20H,3,12-13H2,(H,26,27)(H,28,29). The molecule has 2 N–H and O–H groups in total. The summed E-state index contributed by atoms with van der Waals surface area (Å²) in [5, 5.41) is 19.2. The van der Waals surface area contributed by atoms with E-state index < -0.39 is 17.4 Å². The van der Waals surface area contributed by atoms with Gasteiger partial charge in [0.25, 0.3) is 0 Å². The second-order valence-corrected chi connectivity index (χ2v) is 7.86. The Labute approximate surface area is 172 Å². The van der Waals surface area contributed by atoms with Gasteiger partial charge in [0.2, 0.25) is 5.88 Å². The fourth-order valence-electron chi connectivity index (χ4n) is 4.56. The second-order valence-electron chi connectivity index (χ2n) is 7.86. The minimum absolute atomic E-state index is 0.204. The van der Waals surface area contributed by atoms with Gasteiger partial charge in [-0.1, -0.05) is 42.8 Å². The maximum Gasteiger partial charge on any atom is 0.335 e. The lowest BCUT2D eigenvalue weighted by molar-refractivity contribution is -0.155. The highest BCUT2D eigenvalue weighted by Gasteiger charge is 2.54. The van der Waals surface area contributed by atoms with Crippen molar-refractivity contribution in [1.29, 1.82) is 0 Å². The molecule has 6 nitrogen and oxygen atoms in total. The number of benzene rings is 2. The van der Waals surface area contributed by atoms with Crippen LogP contribution in [0.4, 0.5) is 0 Å². The number of para-hydroxylation sites is 1. The molecule has 30 heavy (non-hydrogen) atoms. The quantitative estimate of drug-likeness (QED) is 0.643. The van der Waals surface area contributed by atoms with Gasteiger partial charge in [-0.3, -0.25) is 4.79 Å².